The quantitative estimate of drug-likeness (QED) is 0.911. The molecule has 1 heterocycles. The number of hydrogen-bond acceptors (Lipinski definition) is 2. The van der Waals surface area contributed by atoms with Crippen molar-refractivity contribution in [2.24, 2.45) is 5.73 Å². The molecule has 2 aromatic rings. The Morgan fingerprint density at radius 3 is 2.84 bits per heavy atom. The molecule has 1 unspecified atom stereocenters. The standard InChI is InChI=1S/C17H20N2/c1-12-9-16(7-8-19-12)17(18)11-13-5-6-14-3-2-4-15(14)10-13/h5-10,17H,2-4,11,18H2,1H3. The first-order valence-electron chi connectivity index (χ1n) is 7.01. The Labute approximate surface area is 114 Å². The zero-order chi connectivity index (χ0) is 13.2. The minimum atomic E-state index is 0.0566. The van der Waals surface area contributed by atoms with Gasteiger partial charge >= 0.3 is 0 Å². The van der Waals surface area contributed by atoms with Gasteiger partial charge in [-0.25, -0.2) is 0 Å². The third-order valence-electron chi connectivity index (χ3n) is 3.97. The summed E-state index contributed by atoms with van der Waals surface area (Å²) in [6.07, 6.45) is 6.51. The number of rotatable bonds is 3. The van der Waals surface area contributed by atoms with Gasteiger partial charge in [0.25, 0.3) is 0 Å². The molecule has 1 aliphatic carbocycles. The lowest BCUT2D eigenvalue weighted by molar-refractivity contribution is 0.718. The molecule has 2 nitrogen and oxygen atoms in total. The fourth-order valence-electron chi connectivity index (χ4n) is 2.92. The van der Waals surface area contributed by atoms with Gasteiger partial charge in [-0.15, -0.1) is 0 Å². The van der Waals surface area contributed by atoms with E-state index in [-0.39, 0.29) is 6.04 Å². The predicted molar refractivity (Wildman–Crippen MR) is 78.1 cm³/mol. The summed E-state index contributed by atoms with van der Waals surface area (Å²) in [5, 5.41) is 0. The van der Waals surface area contributed by atoms with Crippen LogP contribution in [0.2, 0.25) is 0 Å². The summed E-state index contributed by atoms with van der Waals surface area (Å²) in [5.41, 5.74) is 12.9. The number of nitrogens with two attached hydrogens (primary N) is 1. The molecule has 0 saturated heterocycles. The maximum absolute atomic E-state index is 6.31. The molecule has 0 aliphatic heterocycles. The molecule has 0 amide bonds. The summed E-state index contributed by atoms with van der Waals surface area (Å²) in [5.74, 6) is 0. The average Bonchev–Trinajstić information content (AvgIpc) is 2.86. The van der Waals surface area contributed by atoms with Crippen LogP contribution in [0.25, 0.3) is 0 Å². The van der Waals surface area contributed by atoms with Crippen LogP contribution in [0.1, 0.15) is 40.4 Å². The molecular weight excluding hydrogens is 232 g/mol. The monoisotopic (exact) mass is 252 g/mol. The topological polar surface area (TPSA) is 38.9 Å². The van der Waals surface area contributed by atoms with Gasteiger partial charge in [-0.1, -0.05) is 18.2 Å². The molecule has 98 valence electrons. The molecule has 0 saturated carbocycles. The minimum Gasteiger partial charge on any atom is -0.324 e. The van der Waals surface area contributed by atoms with Crippen molar-refractivity contribution in [3.05, 3.63) is 64.5 Å². The van der Waals surface area contributed by atoms with Crippen LogP contribution in [0.3, 0.4) is 0 Å². The SMILES string of the molecule is Cc1cc(C(N)Cc2ccc3c(c2)CCC3)ccn1. The minimum absolute atomic E-state index is 0.0566. The Kier molecular flexibility index (Phi) is 3.34. The van der Waals surface area contributed by atoms with Crippen molar-refractivity contribution in [2.75, 3.05) is 0 Å². The summed E-state index contributed by atoms with van der Waals surface area (Å²) in [6.45, 7) is 2.01. The van der Waals surface area contributed by atoms with Crippen molar-refractivity contribution in [1.82, 2.24) is 4.98 Å². The highest BCUT2D eigenvalue weighted by Gasteiger charge is 2.13. The van der Waals surface area contributed by atoms with E-state index in [9.17, 15) is 0 Å². The van der Waals surface area contributed by atoms with E-state index in [1.54, 1.807) is 0 Å². The summed E-state index contributed by atoms with van der Waals surface area (Å²) >= 11 is 0. The third kappa shape index (κ3) is 2.69. The van der Waals surface area contributed by atoms with Crippen LogP contribution in [-0.2, 0) is 19.3 Å². The van der Waals surface area contributed by atoms with E-state index < -0.39 is 0 Å². The smallest absolute Gasteiger partial charge is 0.0375 e. The van der Waals surface area contributed by atoms with Gasteiger partial charge < -0.3 is 5.73 Å². The Balaban J connectivity index is 1.77. The van der Waals surface area contributed by atoms with Crippen LogP contribution in [-0.4, -0.2) is 4.98 Å². The van der Waals surface area contributed by atoms with Gasteiger partial charge in [0, 0.05) is 17.9 Å². The number of aromatic nitrogens is 1. The number of benzene rings is 1. The average molecular weight is 252 g/mol. The Morgan fingerprint density at radius 2 is 2.00 bits per heavy atom. The zero-order valence-electron chi connectivity index (χ0n) is 11.4. The van der Waals surface area contributed by atoms with Crippen LogP contribution in [0.4, 0.5) is 0 Å². The summed E-state index contributed by atoms with van der Waals surface area (Å²) < 4.78 is 0. The summed E-state index contributed by atoms with van der Waals surface area (Å²) in [4.78, 5) is 4.22. The van der Waals surface area contributed by atoms with Gasteiger partial charge in [-0.2, -0.15) is 0 Å². The molecule has 2 N–H and O–H groups in total. The number of pyridine rings is 1. The normalized spacial score (nSPS) is 15.3. The van der Waals surface area contributed by atoms with Gasteiger partial charge in [0.2, 0.25) is 0 Å². The number of fused-ring (bicyclic) bond motifs is 1. The van der Waals surface area contributed by atoms with Gasteiger partial charge in [0.05, 0.1) is 0 Å². The lowest BCUT2D eigenvalue weighted by atomic mass is 9.97. The molecule has 1 aromatic carbocycles. The molecule has 0 radical (unpaired) electrons. The van der Waals surface area contributed by atoms with E-state index in [0.29, 0.717) is 0 Å². The van der Waals surface area contributed by atoms with Crippen LogP contribution in [0.15, 0.2) is 36.5 Å². The molecule has 0 spiro atoms. The molecule has 1 aromatic heterocycles. The van der Waals surface area contributed by atoms with E-state index in [2.05, 4.69) is 29.2 Å². The Morgan fingerprint density at radius 1 is 1.16 bits per heavy atom. The summed E-state index contributed by atoms with van der Waals surface area (Å²) in [6, 6.07) is 11.0. The maximum atomic E-state index is 6.31. The van der Waals surface area contributed by atoms with Crippen molar-refractivity contribution in [3.63, 3.8) is 0 Å². The largest absolute Gasteiger partial charge is 0.324 e. The molecule has 0 fully saturated rings. The lowest BCUT2D eigenvalue weighted by Gasteiger charge is -2.13. The molecular formula is C17H20N2. The van der Waals surface area contributed by atoms with Crippen LogP contribution in [0, 0.1) is 6.92 Å². The highest BCUT2D eigenvalue weighted by Crippen LogP contribution is 2.25. The maximum Gasteiger partial charge on any atom is 0.0375 e. The first kappa shape index (κ1) is 12.4. The number of aryl methyl sites for hydroxylation is 3. The van der Waals surface area contributed by atoms with E-state index in [1.807, 2.05) is 19.2 Å². The highest BCUT2D eigenvalue weighted by molar-refractivity contribution is 5.36. The highest BCUT2D eigenvalue weighted by atomic mass is 14.7. The van der Waals surface area contributed by atoms with Gasteiger partial charge in [-0.3, -0.25) is 4.98 Å². The van der Waals surface area contributed by atoms with Crippen molar-refractivity contribution in [3.8, 4) is 0 Å². The van der Waals surface area contributed by atoms with Crippen molar-refractivity contribution < 1.29 is 0 Å². The van der Waals surface area contributed by atoms with E-state index in [4.69, 9.17) is 5.73 Å². The fraction of sp³-hybridized carbons (Fsp3) is 0.353. The van der Waals surface area contributed by atoms with E-state index in [1.165, 1.54) is 41.5 Å². The Bertz CT molecular complexity index is 590. The second kappa shape index (κ2) is 5.14. The fourth-order valence-corrected chi connectivity index (χ4v) is 2.92. The second-order valence-electron chi connectivity index (χ2n) is 5.50. The van der Waals surface area contributed by atoms with Crippen molar-refractivity contribution in [2.45, 2.75) is 38.6 Å². The van der Waals surface area contributed by atoms with Gasteiger partial charge in [-0.05, 0) is 67.0 Å². The first-order chi connectivity index (χ1) is 9.22. The third-order valence-corrected chi connectivity index (χ3v) is 3.97. The lowest BCUT2D eigenvalue weighted by Crippen LogP contribution is -2.13. The first-order valence-corrected chi connectivity index (χ1v) is 7.01. The molecule has 3 rings (SSSR count). The van der Waals surface area contributed by atoms with Crippen LogP contribution >= 0.6 is 0 Å². The van der Waals surface area contributed by atoms with Gasteiger partial charge in [0.1, 0.15) is 0 Å². The second-order valence-corrected chi connectivity index (χ2v) is 5.50. The predicted octanol–water partition coefficient (Wildman–Crippen LogP) is 3.12. The number of nitrogens with zero attached hydrogens (tertiary/aromatic N) is 1. The molecule has 19 heavy (non-hydrogen) atoms. The van der Waals surface area contributed by atoms with Crippen molar-refractivity contribution >= 4 is 0 Å². The molecule has 0 bridgehead atoms. The van der Waals surface area contributed by atoms with Gasteiger partial charge in [0.15, 0.2) is 0 Å². The summed E-state index contributed by atoms with van der Waals surface area (Å²) in [7, 11) is 0. The van der Waals surface area contributed by atoms with E-state index in [0.717, 1.165) is 12.1 Å². The molecule has 1 atom stereocenters. The zero-order valence-corrected chi connectivity index (χ0v) is 11.4. The van der Waals surface area contributed by atoms with Crippen LogP contribution in [0.5, 0.6) is 0 Å². The van der Waals surface area contributed by atoms with E-state index >= 15 is 0 Å². The van der Waals surface area contributed by atoms with Crippen LogP contribution < -0.4 is 5.73 Å². The Hall–Kier alpha value is -1.67. The number of hydrogen-bond donors (Lipinski definition) is 1. The molecule has 2 heteroatoms. The molecule has 1 aliphatic rings. The van der Waals surface area contributed by atoms with Crippen molar-refractivity contribution in [1.29, 1.82) is 0 Å².